The Kier molecular flexibility index (Phi) is 5.61. The van der Waals surface area contributed by atoms with Gasteiger partial charge < -0.3 is 4.74 Å². The van der Waals surface area contributed by atoms with E-state index in [0.29, 0.717) is 17.2 Å². The molecule has 2 aromatic rings. The van der Waals surface area contributed by atoms with E-state index in [4.69, 9.17) is 4.74 Å². The van der Waals surface area contributed by atoms with Crippen LogP contribution in [-0.4, -0.2) is 33.4 Å². The van der Waals surface area contributed by atoms with Crippen LogP contribution in [0.25, 0.3) is 0 Å². The van der Waals surface area contributed by atoms with E-state index in [1.807, 2.05) is 37.3 Å². The van der Waals surface area contributed by atoms with Crippen molar-refractivity contribution >= 4 is 21.4 Å². The first-order valence-electron chi connectivity index (χ1n) is 7.15. The number of likely N-dealkylation sites (N-methyl/N-ethyl adjacent to an activating group) is 1. The Hall–Kier alpha value is -1.37. The van der Waals surface area contributed by atoms with Crippen LogP contribution in [0.1, 0.15) is 17.4 Å². The molecule has 22 heavy (non-hydrogen) atoms. The third kappa shape index (κ3) is 3.88. The third-order valence-corrected chi connectivity index (χ3v) is 7.08. The fourth-order valence-corrected chi connectivity index (χ4v) is 4.72. The maximum Gasteiger partial charge on any atom is 0.252 e. The molecule has 0 radical (unpaired) electrons. The number of methoxy groups -OCH3 is 1. The van der Waals surface area contributed by atoms with Gasteiger partial charge in [0.25, 0.3) is 10.0 Å². The minimum absolute atomic E-state index is 0.418. The zero-order valence-electron chi connectivity index (χ0n) is 13.1. The molecule has 2 rings (SSSR count). The van der Waals surface area contributed by atoms with Gasteiger partial charge in [0.05, 0.1) is 7.11 Å². The van der Waals surface area contributed by atoms with Crippen LogP contribution < -0.4 is 4.74 Å². The van der Waals surface area contributed by atoms with Crippen molar-refractivity contribution in [3.63, 3.8) is 0 Å². The van der Waals surface area contributed by atoms with Crippen molar-refractivity contribution in [3.8, 4) is 5.75 Å². The predicted octanol–water partition coefficient (Wildman–Crippen LogP) is 3.18. The SMILES string of the molecule is CCc1ccc(S(=O)(=O)N(C)CCc2ccc(OC)cc2)s1. The summed E-state index contributed by atoms with van der Waals surface area (Å²) < 4.78 is 32.0. The van der Waals surface area contributed by atoms with E-state index in [9.17, 15) is 8.42 Å². The fraction of sp³-hybridized carbons (Fsp3) is 0.375. The molecule has 6 heteroatoms. The van der Waals surface area contributed by atoms with E-state index in [0.717, 1.165) is 22.6 Å². The van der Waals surface area contributed by atoms with Crippen molar-refractivity contribution in [2.24, 2.45) is 0 Å². The zero-order chi connectivity index (χ0) is 16.2. The highest BCUT2D eigenvalue weighted by Gasteiger charge is 2.22. The summed E-state index contributed by atoms with van der Waals surface area (Å²) in [6, 6.07) is 11.3. The minimum atomic E-state index is -3.38. The van der Waals surface area contributed by atoms with Gasteiger partial charge in [-0.2, -0.15) is 4.31 Å². The molecule has 0 saturated carbocycles. The summed E-state index contributed by atoms with van der Waals surface area (Å²) in [5.74, 6) is 0.801. The van der Waals surface area contributed by atoms with Crippen LogP contribution in [-0.2, 0) is 22.9 Å². The lowest BCUT2D eigenvalue weighted by Gasteiger charge is -2.16. The first kappa shape index (κ1) is 17.0. The van der Waals surface area contributed by atoms with Crippen LogP contribution in [0.15, 0.2) is 40.6 Å². The molecule has 0 aliphatic carbocycles. The van der Waals surface area contributed by atoms with Crippen LogP contribution in [0, 0.1) is 0 Å². The van der Waals surface area contributed by atoms with Gasteiger partial charge in [0.2, 0.25) is 0 Å². The van der Waals surface area contributed by atoms with Gasteiger partial charge in [-0.25, -0.2) is 8.42 Å². The molecule has 1 aromatic carbocycles. The van der Waals surface area contributed by atoms with Gasteiger partial charge in [0.1, 0.15) is 9.96 Å². The van der Waals surface area contributed by atoms with Crippen molar-refractivity contribution in [2.75, 3.05) is 20.7 Å². The molecule has 0 fully saturated rings. The maximum absolute atomic E-state index is 12.5. The van der Waals surface area contributed by atoms with Crippen LogP contribution in [0.4, 0.5) is 0 Å². The van der Waals surface area contributed by atoms with Gasteiger partial charge in [0, 0.05) is 18.5 Å². The number of thiophene rings is 1. The first-order valence-corrected chi connectivity index (χ1v) is 9.41. The fourth-order valence-electron chi connectivity index (χ4n) is 2.04. The zero-order valence-corrected chi connectivity index (χ0v) is 14.7. The van der Waals surface area contributed by atoms with E-state index in [1.54, 1.807) is 20.2 Å². The van der Waals surface area contributed by atoms with Crippen molar-refractivity contribution in [2.45, 2.75) is 24.0 Å². The molecule has 0 amide bonds. The lowest BCUT2D eigenvalue weighted by atomic mass is 10.1. The molecule has 0 unspecified atom stereocenters. The number of hydrogen-bond acceptors (Lipinski definition) is 4. The van der Waals surface area contributed by atoms with E-state index in [2.05, 4.69) is 0 Å². The largest absolute Gasteiger partial charge is 0.497 e. The summed E-state index contributed by atoms with van der Waals surface area (Å²) in [5.41, 5.74) is 1.09. The van der Waals surface area contributed by atoms with Gasteiger partial charge in [-0.3, -0.25) is 0 Å². The van der Waals surface area contributed by atoms with Gasteiger partial charge in [-0.15, -0.1) is 11.3 Å². The van der Waals surface area contributed by atoms with E-state index >= 15 is 0 Å². The molecule has 0 aliphatic rings. The summed E-state index contributed by atoms with van der Waals surface area (Å²) in [6.45, 7) is 2.48. The highest BCUT2D eigenvalue weighted by molar-refractivity contribution is 7.91. The average molecular weight is 339 g/mol. The van der Waals surface area contributed by atoms with Gasteiger partial charge in [-0.1, -0.05) is 19.1 Å². The van der Waals surface area contributed by atoms with Crippen LogP contribution in [0.3, 0.4) is 0 Å². The second kappa shape index (κ2) is 7.26. The Morgan fingerprint density at radius 3 is 2.36 bits per heavy atom. The smallest absolute Gasteiger partial charge is 0.252 e. The molecule has 1 aromatic heterocycles. The number of benzene rings is 1. The molecule has 120 valence electrons. The van der Waals surface area contributed by atoms with E-state index in [1.165, 1.54) is 15.6 Å². The number of sulfonamides is 1. The summed E-state index contributed by atoms with van der Waals surface area (Å²) in [6.07, 6.45) is 1.53. The van der Waals surface area contributed by atoms with Crippen molar-refractivity contribution < 1.29 is 13.2 Å². The second-order valence-electron chi connectivity index (χ2n) is 5.00. The summed E-state index contributed by atoms with van der Waals surface area (Å²) in [5, 5.41) is 0. The highest BCUT2D eigenvalue weighted by Crippen LogP contribution is 2.24. The second-order valence-corrected chi connectivity index (χ2v) is 8.44. The molecule has 0 atom stereocenters. The highest BCUT2D eigenvalue weighted by atomic mass is 32.2. The Balaban J connectivity index is 2.02. The number of rotatable bonds is 7. The maximum atomic E-state index is 12.5. The lowest BCUT2D eigenvalue weighted by molar-refractivity contribution is 0.414. The van der Waals surface area contributed by atoms with Gasteiger partial charge in [0.15, 0.2) is 0 Å². The predicted molar refractivity (Wildman–Crippen MR) is 90.2 cm³/mol. The molecule has 1 heterocycles. The number of hydrogen-bond donors (Lipinski definition) is 0. The molecule has 4 nitrogen and oxygen atoms in total. The first-order chi connectivity index (χ1) is 10.5. The van der Waals surface area contributed by atoms with E-state index < -0.39 is 10.0 Å². The Bertz CT molecular complexity index is 705. The van der Waals surface area contributed by atoms with Crippen LogP contribution in [0.2, 0.25) is 0 Å². The summed E-state index contributed by atoms with van der Waals surface area (Å²) >= 11 is 1.35. The summed E-state index contributed by atoms with van der Waals surface area (Å²) in [4.78, 5) is 1.09. The van der Waals surface area contributed by atoms with E-state index in [-0.39, 0.29) is 0 Å². The minimum Gasteiger partial charge on any atom is -0.497 e. The quantitative estimate of drug-likeness (QED) is 0.778. The van der Waals surface area contributed by atoms with Crippen LogP contribution >= 0.6 is 11.3 Å². The average Bonchev–Trinajstić information content (AvgIpc) is 3.02. The molecule has 0 spiro atoms. The normalized spacial score (nSPS) is 11.8. The summed E-state index contributed by atoms with van der Waals surface area (Å²) in [7, 11) is -0.129. The molecule has 0 bridgehead atoms. The molecule has 0 saturated heterocycles. The topological polar surface area (TPSA) is 46.6 Å². The lowest BCUT2D eigenvalue weighted by Crippen LogP contribution is -2.28. The van der Waals surface area contributed by atoms with Gasteiger partial charge >= 0.3 is 0 Å². The monoisotopic (exact) mass is 339 g/mol. The van der Waals surface area contributed by atoms with Crippen LogP contribution in [0.5, 0.6) is 5.75 Å². The number of ether oxygens (including phenoxy) is 1. The third-order valence-electron chi connectivity index (χ3n) is 3.52. The molecular weight excluding hydrogens is 318 g/mol. The van der Waals surface area contributed by atoms with Crippen molar-refractivity contribution in [1.29, 1.82) is 0 Å². The number of nitrogens with zero attached hydrogens (tertiary/aromatic N) is 1. The standard InChI is InChI=1S/C16H21NO3S2/c1-4-15-9-10-16(21-15)22(18,19)17(2)12-11-13-5-7-14(20-3)8-6-13/h5-10H,4,11-12H2,1-3H3. The molecular formula is C16H21NO3S2. The number of aryl methyl sites for hydroxylation is 1. The van der Waals surface area contributed by atoms with Crippen molar-refractivity contribution in [3.05, 3.63) is 46.8 Å². The molecule has 0 N–H and O–H groups in total. The Labute approximate surface area is 136 Å². The Morgan fingerprint density at radius 1 is 1.14 bits per heavy atom. The van der Waals surface area contributed by atoms with Gasteiger partial charge in [-0.05, 0) is 42.7 Å². The Morgan fingerprint density at radius 2 is 1.82 bits per heavy atom. The van der Waals surface area contributed by atoms with Crippen molar-refractivity contribution in [1.82, 2.24) is 4.31 Å². The molecule has 0 aliphatic heterocycles.